The summed E-state index contributed by atoms with van der Waals surface area (Å²) in [5, 5.41) is 0. The summed E-state index contributed by atoms with van der Waals surface area (Å²) in [6.07, 6.45) is -9.41. The molecule has 0 radical (unpaired) electrons. The average Bonchev–Trinajstić information content (AvgIpc) is 3.02. The van der Waals surface area contributed by atoms with E-state index in [0.29, 0.717) is 0 Å². The van der Waals surface area contributed by atoms with Crippen molar-refractivity contribution in [3.8, 4) is 23.0 Å². The Morgan fingerprint density at radius 1 is 0.543 bits per heavy atom. The van der Waals surface area contributed by atoms with Crippen molar-refractivity contribution >= 4 is 22.9 Å². The maximum Gasteiger partial charge on any atom is 0.420 e. The third kappa shape index (κ3) is 7.09. The highest BCUT2D eigenvalue weighted by Crippen LogP contribution is 2.40. The number of carbonyl (C=O) groups excluding carboxylic acids is 2. The van der Waals surface area contributed by atoms with Crippen LogP contribution >= 0.6 is 0 Å². The van der Waals surface area contributed by atoms with Gasteiger partial charge in [-0.05, 0) is 97.1 Å². The Morgan fingerprint density at radius 2 is 0.913 bits per heavy atom. The molecule has 234 valence electrons. The number of pyridine rings is 1. The van der Waals surface area contributed by atoms with Crippen molar-refractivity contribution < 1.29 is 45.4 Å². The normalized spacial score (nSPS) is 11.6. The van der Waals surface area contributed by atoms with Crippen LogP contribution < -0.4 is 20.9 Å². The summed E-state index contributed by atoms with van der Waals surface area (Å²) in [7, 11) is 0. The van der Waals surface area contributed by atoms with Crippen molar-refractivity contribution in [1.82, 2.24) is 4.98 Å². The van der Waals surface area contributed by atoms with Crippen LogP contribution in [0, 0.1) is 0 Å². The lowest BCUT2D eigenvalue weighted by molar-refractivity contribution is -0.139. The first-order valence-corrected chi connectivity index (χ1v) is 13.2. The molecule has 4 aromatic carbocycles. The van der Waals surface area contributed by atoms with Gasteiger partial charge in [0.05, 0.1) is 0 Å². The molecular weight excluding hydrogens is 616 g/mol. The summed E-state index contributed by atoms with van der Waals surface area (Å²) in [5.41, 5.74) is 8.76. The van der Waals surface area contributed by atoms with Gasteiger partial charge in [0.25, 0.3) is 0 Å². The first kappa shape index (κ1) is 31.6. The van der Waals surface area contributed by atoms with E-state index >= 15 is 0 Å². The van der Waals surface area contributed by atoms with Crippen LogP contribution in [-0.4, -0.2) is 16.6 Å². The minimum absolute atomic E-state index is 0.0298. The van der Waals surface area contributed by atoms with E-state index in [1.165, 1.54) is 78.9 Å². The minimum atomic E-state index is -4.71. The predicted molar refractivity (Wildman–Crippen MR) is 156 cm³/mol. The summed E-state index contributed by atoms with van der Waals surface area (Å²) in [5.74, 6) is -2.02. The molecule has 0 saturated carbocycles. The summed E-state index contributed by atoms with van der Waals surface area (Å²) in [6.45, 7) is 0. The van der Waals surface area contributed by atoms with Gasteiger partial charge in [0.1, 0.15) is 45.5 Å². The fourth-order valence-corrected chi connectivity index (χ4v) is 4.30. The number of ketones is 2. The van der Waals surface area contributed by atoms with Gasteiger partial charge in [-0.1, -0.05) is 6.07 Å². The number of hydrogen-bond acceptors (Lipinski definition) is 7. The van der Waals surface area contributed by atoms with Crippen molar-refractivity contribution in [3.63, 3.8) is 0 Å². The highest BCUT2D eigenvalue weighted by Gasteiger charge is 2.36. The molecule has 0 aliphatic carbocycles. The third-order valence-electron chi connectivity index (χ3n) is 6.52. The zero-order valence-corrected chi connectivity index (χ0v) is 23.3. The van der Waals surface area contributed by atoms with Crippen LogP contribution in [0.5, 0.6) is 23.0 Å². The highest BCUT2D eigenvalue weighted by molar-refractivity contribution is 6.10. The van der Waals surface area contributed by atoms with Crippen molar-refractivity contribution in [3.05, 3.63) is 137 Å². The van der Waals surface area contributed by atoms with Gasteiger partial charge in [-0.2, -0.15) is 26.3 Å². The molecule has 0 amide bonds. The summed E-state index contributed by atoms with van der Waals surface area (Å²) >= 11 is 0. The van der Waals surface area contributed by atoms with Crippen molar-refractivity contribution in [2.45, 2.75) is 12.4 Å². The molecule has 0 spiro atoms. The zero-order valence-electron chi connectivity index (χ0n) is 23.3. The predicted octanol–water partition coefficient (Wildman–Crippen LogP) is 8.33. The molecule has 1 aromatic heterocycles. The molecule has 5 aromatic rings. The van der Waals surface area contributed by atoms with E-state index in [9.17, 15) is 35.9 Å². The topological polar surface area (TPSA) is 118 Å². The molecule has 46 heavy (non-hydrogen) atoms. The first-order chi connectivity index (χ1) is 21.7. The molecule has 0 fully saturated rings. The molecule has 4 N–H and O–H groups in total. The number of anilines is 2. The largest absolute Gasteiger partial charge is 0.457 e. The summed E-state index contributed by atoms with van der Waals surface area (Å²) < 4.78 is 91.1. The Morgan fingerprint density at radius 3 is 1.26 bits per heavy atom. The fourth-order valence-electron chi connectivity index (χ4n) is 4.30. The van der Waals surface area contributed by atoms with E-state index in [2.05, 4.69) is 4.98 Å². The van der Waals surface area contributed by atoms with Crippen LogP contribution in [0.1, 0.15) is 43.2 Å². The Kier molecular flexibility index (Phi) is 8.42. The number of halogens is 6. The van der Waals surface area contributed by atoms with Gasteiger partial charge in [0, 0.05) is 22.5 Å². The molecule has 0 saturated heterocycles. The Bertz CT molecular complexity index is 1790. The number of carbonyl (C=O) groups is 2. The highest BCUT2D eigenvalue weighted by atomic mass is 19.4. The van der Waals surface area contributed by atoms with E-state index in [4.69, 9.17) is 20.9 Å². The van der Waals surface area contributed by atoms with Crippen molar-refractivity contribution in [2.75, 3.05) is 11.5 Å². The maximum atomic E-state index is 13.4. The van der Waals surface area contributed by atoms with Gasteiger partial charge in [0.2, 0.25) is 11.6 Å². The molecular formula is C33H21F6N3O4. The first-order valence-electron chi connectivity index (χ1n) is 13.2. The standard InChI is InChI=1S/C33H21F6N3O4/c34-32(35,36)24-16-20(40)8-14-28(24)45-22-10-4-18(5-11-22)30(43)26-2-1-3-27(42-26)31(44)19-6-12-23(13-7-19)46-29-15-9-21(41)17-25(29)33(37,38)39/h1-17H,40-41H2. The number of aromatic nitrogens is 1. The quantitative estimate of drug-likeness (QED) is 0.0998. The van der Waals surface area contributed by atoms with Crippen LogP contribution in [-0.2, 0) is 12.4 Å². The van der Waals surface area contributed by atoms with Gasteiger partial charge in [-0.25, -0.2) is 4.98 Å². The number of nitrogen functional groups attached to an aromatic ring is 2. The van der Waals surface area contributed by atoms with Crippen molar-refractivity contribution in [2.24, 2.45) is 0 Å². The lowest BCUT2D eigenvalue weighted by Crippen LogP contribution is -2.10. The van der Waals surface area contributed by atoms with Crippen LogP contribution in [0.4, 0.5) is 37.7 Å². The number of rotatable bonds is 8. The maximum absolute atomic E-state index is 13.4. The second-order valence-electron chi connectivity index (χ2n) is 9.83. The van der Waals surface area contributed by atoms with Gasteiger partial charge < -0.3 is 20.9 Å². The van der Waals surface area contributed by atoms with Gasteiger partial charge >= 0.3 is 12.4 Å². The van der Waals surface area contributed by atoms with E-state index < -0.39 is 46.5 Å². The zero-order chi connectivity index (χ0) is 33.2. The third-order valence-corrected chi connectivity index (χ3v) is 6.52. The Labute approximate surface area is 257 Å². The fraction of sp³-hybridized carbons (Fsp3) is 0.0606. The molecule has 0 bridgehead atoms. The average molecular weight is 638 g/mol. The number of benzene rings is 4. The SMILES string of the molecule is Nc1ccc(Oc2ccc(C(=O)c3cccc(C(=O)c4ccc(Oc5ccc(N)cc5C(F)(F)F)cc4)n3)cc2)c(C(F)(F)F)c1. The van der Waals surface area contributed by atoms with Crippen LogP contribution in [0.2, 0.25) is 0 Å². The summed E-state index contributed by atoms with van der Waals surface area (Å²) in [4.78, 5) is 30.4. The molecule has 7 nitrogen and oxygen atoms in total. The molecule has 1 heterocycles. The molecule has 5 rings (SSSR count). The van der Waals surface area contributed by atoms with E-state index in [0.717, 1.165) is 24.3 Å². The second kappa shape index (κ2) is 12.3. The van der Waals surface area contributed by atoms with E-state index in [1.807, 2.05) is 0 Å². The van der Waals surface area contributed by atoms with Crippen LogP contribution in [0.25, 0.3) is 0 Å². The molecule has 0 unspecified atom stereocenters. The molecule has 0 aliphatic rings. The molecule has 13 heteroatoms. The lowest BCUT2D eigenvalue weighted by Gasteiger charge is -2.14. The number of ether oxygens (including phenoxy) is 2. The van der Waals surface area contributed by atoms with Crippen LogP contribution in [0.3, 0.4) is 0 Å². The van der Waals surface area contributed by atoms with E-state index in [-0.39, 0.29) is 45.4 Å². The second-order valence-corrected chi connectivity index (χ2v) is 9.83. The number of nitrogens with zero attached hydrogens (tertiary/aromatic N) is 1. The molecule has 0 aliphatic heterocycles. The minimum Gasteiger partial charge on any atom is -0.457 e. The smallest absolute Gasteiger partial charge is 0.420 e. The van der Waals surface area contributed by atoms with Crippen LogP contribution in [0.15, 0.2) is 103 Å². The number of nitrogens with two attached hydrogens (primary N) is 2. The monoisotopic (exact) mass is 637 g/mol. The Hall–Kier alpha value is -5.85. The lowest BCUT2D eigenvalue weighted by atomic mass is 10.0. The number of alkyl halides is 6. The van der Waals surface area contributed by atoms with E-state index in [1.54, 1.807) is 0 Å². The number of hydrogen-bond donors (Lipinski definition) is 2. The van der Waals surface area contributed by atoms with Crippen molar-refractivity contribution in [1.29, 1.82) is 0 Å². The Balaban J connectivity index is 1.29. The molecule has 0 atom stereocenters. The van der Waals surface area contributed by atoms with Gasteiger partial charge in [-0.3, -0.25) is 9.59 Å². The van der Waals surface area contributed by atoms with Gasteiger partial charge in [-0.15, -0.1) is 0 Å². The summed E-state index contributed by atoms with van der Waals surface area (Å²) in [6, 6.07) is 21.0. The van der Waals surface area contributed by atoms with Gasteiger partial charge in [0.15, 0.2) is 0 Å².